The SMILES string of the molecule is COc1cccc(/C=C/c2nc3ccccc3n2Cc2ccc(C#N)cc2)c1OCc1ccccc1F. The molecule has 5 aromatic rings. The first-order valence-corrected chi connectivity index (χ1v) is 11.8. The number of hydrogen-bond acceptors (Lipinski definition) is 4. The molecule has 0 aliphatic rings. The average molecular weight is 490 g/mol. The number of nitriles is 1. The molecule has 6 heteroatoms. The fourth-order valence-corrected chi connectivity index (χ4v) is 4.16. The summed E-state index contributed by atoms with van der Waals surface area (Å²) in [5.74, 6) is 1.54. The Kier molecular flexibility index (Phi) is 6.95. The number of ether oxygens (including phenoxy) is 2. The summed E-state index contributed by atoms with van der Waals surface area (Å²) in [4.78, 5) is 4.84. The van der Waals surface area contributed by atoms with Crippen molar-refractivity contribution in [2.75, 3.05) is 7.11 Å². The van der Waals surface area contributed by atoms with Gasteiger partial charge < -0.3 is 14.0 Å². The second-order valence-corrected chi connectivity index (χ2v) is 8.45. The Morgan fingerprint density at radius 3 is 2.49 bits per heavy atom. The predicted octanol–water partition coefficient (Wildman–Crippen LogP) is 6.85. The molecule has 0 aliphatic heterocycles. The minimum Gasteiger partial charge on any atom is -0.493 e. The van der Waals surface area contributed by atoms with E-state index in [1.54, 1.807) is 25.3 Å². The molecule has 0 N–H and O–H groups in total. The van der Waals surface area contributed by atoms with Crippen LogP contribution in [0.15, 0.2) is 91.0 Å². The van der Waals surface area contributed by atoms with Crippen molar-refractivity contribution in [1.29, 1.82) is 5.26 Å². The number of aromatic nitrogens is 2. The van der Waals surface area contributed by atoms with Gasteiger partial charge in [-0.15, -0.1) is 0 Å². The zero-order chi connectivity index (χ0) is 25.6. The molecule has 0 spiro atoms. The lowest BCUT2D eigenvalue weighted by molar-refractivity contribution is 0.279. The van der Waals surface area contributed by atoms with Gasteiger partial charge in [-0.25, -0.2) is 9.37 Å². The third-order valence-electron chi connectivity index (χ3n) is 6.08. The number of fused-ring (bicyclic) bond motifs is 1. The van der Waals surface area contributed by atoms with Crippen LogP contribution in [0.2, 0.25) is 0 Å². The summed E-state index contributed by atoms with van der Waals surface area (Å²) >= 11 is 0. The minimum absolute atomic E-state index is 0.0745. The van der Waals surface area contributed by atoms with Crippen LogP contribution in [-0.4, -0.2) is 16.7 Å². The Labute approximate surface area is 214 Å². The molecular weight excluding hydrogens is 465 g/mol. The molecule has 0 unspecified atom stereocenters. The summed E-state index contributed by atoms with van der Waals surface area (Å²) < 4.78 is 27.9. The van der Waals surface area contributed by atoms with Crippen LogP contribution in [-0.2, 0) is 13.2 Å². The number of imidazole rings is 1. The summed E-state index contributed by atoms with van der Waals surface area (Å²) in [6, 6.07) is 29.9. The standard InChI is InChI=1S/C31H24FN3O2/c1-36-29-12-6-8-24(31(29)37-21-25-7-2-3-9-26(25)32)17-18-30-34-27-10-4-5-11-28(27)35(30)20-23-15-13-22(19-33)14-16-23/h2-18H,20-21H2,1H3/b18-17+. The second-order valence-electron chi connectivity index (χ2n) is 8.45. The minimum atomic E-state index is -0.314. The highest BCUT2D eigenvalue weighted by Crippen LogP contribution is 2.33. The zero-order valence-corrected chi connectivity index (χ0v) is 20.3. The number of hydrogen-bond donors (Lipinski definition) is 0. The van der Waals surface area contributed by atoms with Gasteiger partial charge in [0.15, 0.2) is 11.5 Å². The fourth-order valence-electron chi connectivity index (χ4n) is 4.16. The number of methoxy groups -OCH3 is 1. The molecule has 4 aromatic carbocycles. The molecule has 0 amide bonds. The lowest BCUT2D eigenvalue weighted by atomic mass is 10.1. The molecule has 0 radical (unpaired) electrons. The Morgan fingerprint density at radius 2 is 1.70 bits per heavy atom. The van der Waals surface area contributed by atoms with Crippen molar-refractivity contribution < 1.29 is 13.9 Å². The van der Waals surface area contributed by atoms with Crippen molar-refractivity contribution in [3.05, 3.63) is 125 Å². The maximum absolute atomic E-state index is 14.2. The Hall–Kier alpha value is -4.89. The number of para-hydroxylation sites is 3. The summed E-state index contributed by atoms with van der Waals surface area (Å²) in [6.45, 7) is 0.672. The number of rotatable bonds is 8. The van der Waals surface area contributed by atoms with Gasteiger partial charge in [-0.3, -0.25) is 0 Å². The first-order chi connectivity index (χ1) is 18.2. The Balaban J connectivity index is 1.49. The lowest BCUT2D eigenvalue weighted by Crippen LogP contribution is -2.03. The van der Waals surface area contributed by atoms with E-state index in [9.17, 15) is 4.39 Å². The van der Waals surface area contributed by atoms with Gasteiger partial charge >= 0.3 is 0 Å². The van der Waals surface area contributed by atoms with Crippen LogP contribution in [0.5, 0.6) is 11.5 Å². The fraction of sp³-hybridized carbons (Fsp3) is 0.0968. The van der Waals surface area contributed by atoms with Crippen LogP contribution >= 0.6 is 0 Å². The summed E-state index contributed by atoms with van der Waals surface area (Å²) in [6.07, 6.45) is 3.87. The molecule has 0 saturated carbocycles. The van der Waals surface area contributed by atoms with Crippen molar-refractivity contribution in [3.8, 4) is 17.6 Å². The molecule has 37 heavy (non-hydrogen) atoms. The van der Waals surface area contributed by atoms with Crippen molar-refractivity contribution >= 4 is 23.2 Å². The molecule has 5 nitrogen and oxygen atoms in total. The molecule has 0 bridgehead atoms. The Bertz CT molecular complexity index is 1610. The first-order valence-electron chi connectivity index (χ1n) is 11.8. The zero-order valence-electron chi connectivity index (χ0n) is 20.3. The summed E-state index contributed by atoms with van der Waals surface area (Å²) in [7, 11) is 1.58. The van der Waals surface area contributed by atoms with E-state index in [0.29, 0.717) is 29.2 Å². The van der Waals surface area contributed by atoms with Gasteiger partial charge in [0.1, 0.15) is 18.2 Å². The molecule has 1 heterocycles. The van der Waals surface area contributed by atoms with Crippen LogP contribution in [0.3, 0.4) is 0 Å². The second kappa shape index (κ2) is 10.8. The largest absolute Gasteiger partial charge is 0.493 e. The van der Waals surface area contributed by atoms with Crippen LogP contribution in [0.1, 0.15) is 28.1 Å². The van der Waals surface area contributed by atoms with Gasteiger partial charge in [-0.2, -0.15) is 5.26 Å². The van der Waals surface area contributed by atoms with E-state index < -0.39 is 0 Å². The maximum atomic E-state index is 14.2. The molecule has 0 saturated heterocycles. The highest BCUT2D eigenvalue weighted by molar-refractivity contribution is 5.81. The van der Waals surface area contributed by atoms with Gasteiger partial charge in [0.25, 0.3) is 0 Å². The van der Waals surface area contributed by atoms with Gasteiger partial charge in [-0.1, -0.05) is 54.6 Å². The normalized spacial score (nSPS) is 11.1. The van der Waals surface area contributed by atoms with E-state index in [4.69, 9.17) is 19.7 Å². The third-order valence-corrected chi connectivity index (χ3v) is 6.08. The molecule has 182 valence electrons. The van der Waals surface area contributed by atoms with E-state index in [0.717, 1.165) is 28.0 Å². The smallest absolute Gasteiger partial charge is 0.168 e. The summed E-state index contributed by atoms with van der Waals surface area (Å²) in [5.41, 5.74) is 4.83. The van der Waals surface area contributed by atoms with Crippen LogP contribution < -0.4 is 9.47 Å². The molecule has 5 rings (SSSR count). The average Bonchev–Trinajstić information content (AvgIpc) is 3.29. The van der Waals surface area contributed by atoms with Gasteiger partial charge in [0.05, 0.1) is 29.8 Å². The molecule has 0 atom stereocenters. The predicted molar refractivity (Wildman–Crippen MR) is 143 cm³/mol. The monoisotopic (exact) mass is 489 g/mol. The highest BCUT2D eigenvalue weighted by Gasteiger charge is 2.13. The van der Waals surface area contributed by atoms with Gasteiger partial charge in [0.2, 0.25) is 0 Å². The molecule has 0 aliphatic carbocycles. The third kappa shape index (κ3) is 5.21. The summed E-state index contributed by atoms with van der Waals surface area (Å²) in [5, 5.41) is 9.11. The van der Waals surface area contributed by atoms with Crippen LogP contribution in [0.4, 0.5) is 4.39 Å². The van der Waals surface area contributed by atoms with E-state index in [2.05, 4.69) is 10.6 Å². The van der Waals surface area contributed by atoms with Crippen LogP contribution in [0.25, 0.3) is 23.2 Å². The van der Waals surface area contributed by atoms with Crippen molar-refractivity contribution in [3.63, 3.8) is 0 Å². The van der Waals surface area contributed by atoms with E-state index in [-0.39, 0.29) is 12.4 Å². The number of halogens is 1. The van der Waals surface area contributed by atoms with E-state index in [1.165, 1.54) is 6.07 Å². The molecule has 1 aromatic heterocycles. The topological polar surface area (TPSA) is 60.1 Å². The quantitative estimate of drug-likeness (QED) is 0.239. The Morgan fingerprint density at radius 1 is 0.919 bits per heavy atom. The van der Waals surface area contributed by atoms with Gasteiger partial charge in [-0.05, 0) is 54.1 Å². The lowest BCUT2D eigenvalue weighted by Gasteiger charge is -2.14. The van der Waals surface area contributed by atoms with E-state index >= 15 is 0 Å². The molecule has 0 fully saturated rings. The van der Waals surface area contributed by atoms with Crippen molar-refractivity contribution in [1.82, 2.24) is 9.55 Å². The van der Waals surface area contributed by atoms with Crippen molar-refractivity contribution in [2.24, 2.45) is 0 Å². The highest BCUT2D eigenvalue weighted by atomic mass is 19.1. The van der Waals surface area contributed by atoms with Crippen LogP contribution in [0, 0.1) is 17.1 Å². The number of benzene rings is 4. The molecular formula is C31H24FN3O2. The van der Waals surface area contributed by atoms with E-state index in [1.807, 2.05) is 78.9 Å². The maximum Gasteiger partial charge on any atom is 0.168 e. The van der Waals surface area contributed by atoms with Gasteiger partial charge in [0, 0.05) is 17.7 Å². The number of nitrogens with zero attached hydrogens (tertiary/aromatic N) is 3. The van der Waals surface area contributed by atoms with Crippen molar-refractivity contribution in [2.45, 2.75) is 13.2 Å². The first kappa shape index (κ1) is 23.8.